The van der Waals surface area contributed by atoms with Crippen molar-refractivity contribution in [2.24, 2.45) is 0 Å². The van der Waals surface area contributed by atoms with Gasteiger partial charge in [0.15, 0.2) is 0 Å². The van der Waals surface area contributed by atoms with Crippen LogP contribution in [0.5, 0.6) is 5.75 Å². The van der Waals surface area contributed by atoms with Gasteiger partial charge >= 0.3 is 0 Å². The predicted molar refractivity (Wildman–Crippen MR) is 76.4 cm³/mol. The van der Waals surface area contributed by atoms with Gasteiger partial charge in [0.2, 0.25) is 0 Å². The molecule has 1 aliphatic heterocycles. The van der Waals surface area contributed by atoms with Gasteiger partial charge in [-0.05, 0) is 38.0 Å². The maximum absolute atomic E-state index is 9.55. The summed E-state index contributed by atoms with van der Waals surface area (Å²) in [7, 11) is 0. The van der Waals surface area contributed by atoms with E-state index in [9.17, 15) is 5.11 Å². The van der Waals surface area contributed by atoms with E-state index in [2.05, 4.69) is 33.9 Å². The molecule has 3 rings (SSSR count). The van der Waals surface area contributed by atoms with Crippen molar-refractivity contribution in [3.8, 4) is 5.75 Å². The normalized spacial score (nSPS) is 16.9. The number of aromatic hydroxyl groups is 1. The molecule has 0 bridgehead atoms. The van der Waals surface area contributed by atoms with E-state index in [4.69, 9.17) is 0 Å². The molecule has 2 atom stereocenters. The average molecular weight is 272 g/mol. The van der Waals surface area contributed by atoms with Crippen LogP contribution in [0.25, 0.3) is 0 Å². The SMILES string of the molecule is CC(NC(C)c1nnc2n1CCC2)c1cccc(O)c1. The van der Waals surface area contributed by atoms with Crippen molar-refractivity contribution >= 4 is 0 Å². The lowest BCUT2D eigenvalue weighted by Crippen LogP contribution is -2.25. The van der Waals surface area contributed by atoms with Gasteiger partial charge in [0.25, 0.3) is 0 Å². The number of rotatable bonds is 4. The van der Waals surface area contributed by atoms with Crippen molar-refractivity contribution in [2.45, 2.75) is 45.3 Å². The highest BCUT2D eigenvalue weighted by Crippen LogP contribution is 2.23. The van der Waals surface area contributed by atoms with E-state index in [1.54, 1.807) is 12.1 Å². The molecular weight excluding hydrogens is 252 g/mol. The minimum absolute atomic E-state index is 0.131. The largest absolute Gasteiger partial charge is 0.508 e. The molecule has 5 nitrogen and oxygen atoms in total. The highest BCUT2D eigenvalue weighted by molar-refractivity contribution is 5.29. The zero-order valence-electron chi connectivity index (χ0n) is 11.9. The molecule has 2 aromatic rings. The van der Waals surface area contributed by atoms with Crippen LogP contribution in [0.15, 0.2) is 24.3 Å². The Balaban J connectivity index is 1.73. The zero-order chi connectivity index (χ0) is 14.1. The van der Waals surface area contributed by atoms with Crippen molar-refractivity contribution in [1.82, 2.24) is 20.1 Å². The molecule has 1 aromatic heterocycles. The standard InChI is InChI=1S/C15H20N4O/c1-10(12-5-3-6-13(20)9-12)16-11(2)15-18-17-14-7-4-8-19(14)15/h3,5-6,9-11,16,20H,4,7-8H2,1-2H3. The van der Waals surface area contributed by atoms with Gasteiger partial charge in [0, 0.05) is 19.0 Å². The number of aromatic nitrogens is 3. The molecule has 106 valence electrons. The van der Waals surface area contributed by atoms with Crippen LogP contribution in [-0.4, -0.2) is 19.9 Å². The zero-order valence-corrected chi connectivity index (χ0v) is 11.9. The van der Waals surface area contributed by atoms with Crippen LogP contribution >= 0.6 is 0 Å². The molecule has 2 unspecified atom stereocenters. The summed E-state index contributed by atoms with van der Waals surface area (Å²) in [4.78, 5) is 0. The summed E-state index contributed by atoms with van der Waals surface area (Å²) in [5.74, 6) is 2.40. The molecule has 0 fully saturated rings. The lowest BCUT2D eigenvalue weighted by atomic mass is 10.1. The third kappa shape index (κ3) is 2.41. The summed E-state index contributed by atoms with van der Waals surface area (Å²) in [6, 6.07) is 7.63. The summed E-state index contributed by atoms with van der Waals surface area (Å²) in [5.41, 5.74) is 1.07. The number of benzene rings is 1. The fourth-order valence-electron chi connectivity index (χ4n) is 2.83. The maximum atomic E-state index is 9.55. The summed E-state index contributed by atoms with van der Waals surface area (Å²) in [5, 5.41) is 21.6. The quantitative estimate of drug-likeness (QED) is 0.896. The Morgan fingerprint density at radius 2 is 2.10 bits per heavy atom. The van der Waals surface area contributed by atoms with Crippen molar-refractivity contribution in [1.29, 1.82) is 0 Å². The Bertz CT molecular complexity index is 608. The Morgan fingerprint density at radius 3 is 2.90 bits per heavy atom. The second-order valence-corrected chi connectivity index (χ2v) is 5.43. The van der Waals surface area contributed by atoms with Crippen LogP contribution in [0.2, 0.25) is 0 Å². The summed E-state index contributed by atoms with van der Waals surface area (Å²) < 4.78 is 2.22. The van der Waals surface area contributed by atoms with Gasteiger partial charge in [-0.2, -0.15) is 0 Å². The lowest BCUT2D eigenvalue weighted by Gasteiger charge is -2.20. The Hall–Kier alpha value is -1.88. The van der Waals surface area contributed by atoms with Gasteiger partial charge in [-0.15, -0.1) is 10.2 Å². The number of hydrogen-bond donors (Lipinski definition) is 2. The van der Waals surface area contributed by atoms with Crippen LogP contribution < -0.4 is 5.32 Å². The van der Waals surface area contributed by atoms with E-state index in [0.717, 1.165) is 36.6 Å². The molecule has 0 aliphatic carbocycles. The molecule has 0 saturated heterocycles. The molecule has 0 saturated carbocycles. The number of phenols is 1. The number of nitrogens with one attached hydrogen (secondary N) is 1. The lowest BCUT2D eigenvalue weighted by molar-refractivity contribution is 0.452. The monoisotopic (exact) mass is 272 g/mol. The van der Waals surface area contributed by atoms with E-state index in [1.807, 2.05) is 12.1 Å². The maximum Gasteiger partial charge on any atom is 0.149 e. The Labute approximate surface area is 118 Å². The first-order valence-electron chi connectivity index (χ1n) is 7.12. The average Bonchev–Trinajstić information content (AvgIpc) is 3.00. The highest BCUT2D eigenvalue weighted by Gasteiger charge is 2.22. The molecule has 0 spiro atoms. The number of nitrogens with zero attached hydrogens (tertiary/aromatic N) is 3. The number of fused-ring (bicyclic) bond motifs is 1. The first kappa shape index (κ1) is 13.1. The van der Waals surface area contributed by atoms with Crippen LogP contribution in [0.1, 0.15) is 49.6 Å². The van der Waals surface area contributed by atoms with E-state index < -0.39 is 0 Å². The van der Waals surface area contributed by atoms with E-state index in [-0.39, 0.29) is 12.1 Å². The van der Waals surface area contributed by atoms with Gasteiger partial charge in [-0.3, -0.25) is 0 Å². The highest BCUT2D eigenvalue weighted by atomic mass is 16.3. The second-order valence-electron chi connectivity index (χ2n) is 5.43. The van der Waals surface area contributed by atoms with E-state index in [0.29, 0.717) is 5.75 Å². The molecule has 0 radical (unpaired) electrons. The van der Waals surface area contributed by atoms with Crippen molar-refractivity contribution in [2.75, 3.05) is 0 Å². The molecule has 1 aromatic carbocycles. The van der Waals surface area contributed by atoms with Gasteiger partial charge < -0.3 is 15.0 Å². The number of phenolic OH excluding ortho intramolecular Hbond substituents is 1. The Kier molecular flexibility index (Phi) is 3.44. The first-order valence-corrected chi connectivity index (χ1v) is 7.12. The second kappa shape index (κ2) is 5.25. The minimum atomic E-state index is 0.131. The van der Waals surface area contributed by atoms with Crippen LogP contribution in [-0.2, 0) is 13.0 Å². The molecular formula is C15H20N4O. The molecule has 0 amide bonds. The fourth-order valence-corrected chi connectivity index (χ4v) is 2.83. The van der Waals surface area contributed by atoms with Crippen molar-refractivity contribution in [3.05, 3.63) is 41.5 Å². The van der Waals surface area contributed by atoms with E-state index >= 15 is 0 Å². The molecule has 2 heterocycles. The molecule has 20 heavy (non-hydrogen) atoms. The smallest absolute Gasteiger partial charge is 0.149 e. The fraction of sp³-hybridized carbons (Fsp3) is 0.467. The third-order valence-corrected chi connectivity index (χ3v) is 3.90. The molecule has 1 aliphatic rings. The van der Waals surface area contributed by atoms with Crippen molar-refractivity contribution in [3.63, 3.8) is 0 Å². The topological polar surface area (TPSA) is 63.0 Å². The number of aryl methyl sites for hydroxylation is 1. The predicted octanol–water partition coefficient (Wildman–Crippen LogP) is 2.34. The summed E-state index contributed by atoms with van der Waals surface area (Å²) in [6.07, 6.45) is 2.19. The van der Waals surface area contributed by atoms with Gasteiger partial charge in [0.05, 0.1) is 6.04 Å². The molecule has 2 N–H and O–H groups in total. The van der Waals surface area contributed by atoms with Gasteiger partial charge in [0.1, 0.15) is 17.4 Å². The first-order chi connectivity index (χ1) is 9.65. The third-order valence-electron chi connectivity index (χ3n) is 3.90. The van der Waals surface area contributed by atoms with Gasteiger partial charge in [-0.25, -0.2) is 0 Å². The number of hydrogen-bond acceptors (Lipinski definition) is 4. The van der Waals surface area contributed by atoms with Crippen LogP contribution in [0.4, 0.5) is 0 Å². The Morgan fingerprint density at radius 1 is 1.25 bits per heavy atom. The molecule has 5 heteroatoms. The minimum Gasteiger partial charge on any atom is -0.508 e. The van der Waals surface area contributed by atoms with Crippen LogP contribution in [0.3, 0.4) is 0 Å². The summed E-state index contributed by atoms with van der Waals surface area (Å²) >= 11 is 0. The summed E-state index contributed by atoms with van der Waals surface area (Å²) in [6.45, 7) is 5.21. The van der Waals surface area contributed by atoms with Crippen LogP contribution in [0, 0.1) is 0 Å². The van der Waals surface area contributed by atoms with E-state index in [1.165, 1.54) is 0 Å². The van der Waals surface area contributed by atoms with Gasteiger partial charge in [-0.1, -0.05) is 12.1 Å². The van der Waals surface area contributed by atoms with Crippen molar-refractivity contribution < 1.29 is 5.11 Å².